The molecule has 8 heteroatoms. The van der Waals surface area contributed by atoms with Crippen LogP contribution in [0.15, 0.2) is 43.0 Å². The van der Waals surface area contributed by atoms with E-state index in [0.717, 1.165) is 5.56 Å². The molecule has 1 heterocycles. The van der Waals surface area contributed by atoms with E-state index in [9.17, 15) is 14.0 Å². The van der Waals surface area contributed by atoms with Gasteiger partial charge in [-0.1, -0.05) is 49.9 Å². The summed E-state index contributed by atoms with van der Waals surface area (Å²) in [7, 11) is 1.18. The molecular weight excluding hydrogens is 359 g/mol. The van der Waals surface area contributed by atoms with E-state index in [1.54, 1.807) is 6.92 Å². The molecule has 27 heavy (non-hydrogen) atoms. The van der Waals surface area contributed by atoms with E-state index in [1.807, 2.05) is 30.3 Å². The molecule has 1 aliphatic rings. The second-order valence-corrected chi connectivity index (χ2v) is 5.98. The Kier molecular flexibility index (Phi) is 7.75. The molecule has 0 spiro atoms. The smallest absolute Gasteiger partial charge is 0.467 e. The first kappa shape index (κ1) is 20.9. The van der Waals surface area contributed by atoms with Crippen LogP contribution in [0.1, 0.15) is 12.5 Å². The molecule has 0 amide bonds. The lowest BCUT2D eigenvalue weighted by atomic mass is 9.90. The van der Waals surface area contributed by atoms with E-state index in [4.69, 9.17) is 18.9 Å². The lowest BCUT2D eigenvalue weighted by Gasteiger charge is -2.40. The number of halogens is 1. The van der Waals surface area contributed by atoms with Gasteiger partial charge in [0.05, 0.1) is 13.7 Å². The standard InChI is InChI=1S/C19H23FO7/c1-4-10-24-19(22)27-16-14(25-11-13-8-6-5-7-9-13)12(2)15(18(21)23-3)26-17(16)20/h4-9,12,14-17H,1,10-11H2,2-3H3/t12?,14?,15?,16?,17-/m1/s1. The van der Waals surface area contributed by atoms with Crippen LogP contribution in [-0.4, -0.2) is 50.5 Å². The highest BCUT2D eigenvalue weighted by atomic mass is 19.1. The van der Waals surface area contributed by atoms with Crippen molar-refractivity contribution in [1.29, 1.82) is 0 Å². The van der Waals surface area contributed by atoms with Gasteiger partial charge in [-0.2, -0.15) is 0 Å². The number of hydrogen-bond acceptors (Lipinski definition) is 7. The summed E-state index contributed by atoms with van der Waals surface area (Å²) in [6.45, 7) is 5.10. The molecule has 0 bridgehead atoms. The van der Waals surface area contributed by atoms with Gasteiger partial charge in [-0.05, 0) is 5.56 Å². The molecule has 4 unspecified atom stereocenters. The minimum atomic E-state index is -2.08. The van der Waals surface area contributed by atoms with Gasteiger partial charge in [0.1, 0.15) is 12.7 Å². The number of rotatable bonds is 7. The van der Waals surface area contributed by atoms with Gasteiger partial charge in [0, 0.05) is 5.92 Å². The minimum Gasteiger partial charge on any atom is -0.467 e. The first-order valence-corrected chi connectivity index (χ1v) is 8.45. The number of benzene rings is 1. The molecule has 0 N–H and O–H groups in total. The number of methoxy groups -OCH3 is 1. The topological polar surface area (TPSA) is 80.3 Å². The van der Waals surface area contributed by atoms with Crippen molar-refractivity contribution in [2.24, 2.45) is 5.92 Å². The van der Waals surface area contributed by atoms with E-state index < -0.39 is 42.7 Å². The highest BCUT2D eigenvalue weighted by molar-refractivity contribution is 5.75. The second kappa shape index (κ2) is 10.0. The molecule has 1 aliphatic heterocycles. The number of carbonyl (C=O) groups is 2. The Hall–Kier alpha value is -2.45. The van der Waals surface area contributed by atoms with Crippen LogP contribution in [-0.2, 0) is 35.1 Å². The van der Waals surface area contributed by atoms with Crippen LogP contribution >= 0.6 is 0 Å². The third-order valence-corrected chi connectivity index (χ3v) is 4.12. The summed E-state index contributed by atoms with van der Waals surface area (Å²) < 4.78 is 39.9. The predicted octanol–water partition coefficient (Wildman–Crippen LogP) is 2.78. The number of carbonyl (C=O) groups excluding carboxylic acids is 2. The van der Waals surface area contributed by atoms with Crippen LogP contribution in [0.2, 0.25) is 0 Å². The SMILES string of the molecule is C=CCOC(=O)OC1C(OCc2ccccc2)C(C)C(C(=O)OC)O[C@H]1F. The molecule has 0 saturated carbocycles. The van der Waals surface area contributed by atoms with E-state index >= 15 is 0 Å². The second-order valence-electron chi connectivity index (χ2n) is 5.98. The molecule has 5 atom stereocenters. The van der Waals surface area contributed by atoms with Crippen LogP contribution < -0.4 is 0 Å². The average Bonchev–Trinajstić information content (AvgIpc) is 2.68. The van der Waals surface area contributed by atoms with Crippen molar-refractivity contribution in [2.75, 3.05) is 13.7 Å². The fraction of sp³-hybridized carbons (Fsp3) is 0.474. The van der Waals surface area contributed by atoms with Gasteiger partial charge in [0.15, 0.2) is 12.2 Å². The third-order valence-electron chi connectivity index (χ3n) is 4.12. The number of hydrogen-bond donors (Lipinski definition) is 0. The van der Waals surface area contributed by atoms with Crippen LogP contribution in [0.5, 0.6) is 0 Å². The molecular formula is C19H23FO7. The lowest BCUT2D eigenvalue weighted by molar-refractivity contribution is -0.254. The highest BCUT2D eigenvalue weighted by Gasteiger charge is 2.50. The van der Waals surface area contributed by atoms with Gasteiger partial charge in [-0.3, -0.25) is 0 Å². The summed E-state index contributed by atoms with van der Waals surface area (Å²) in [5, 5.41) is 0. The van der Waals surface area contributed by atoms with Crippen LogP contribution in [0.4, 0.5) is 9.18 Å². The predicted molar refractivity (Wildman–Crippen MR) is 92.4 cm³/mol. The molecule has 1 aromatic carbocycles. The summed E-state index contributed by atoms with van der Waals surface area (Å²) in [4.78, 5) is 23.7. The summed E-state index contributed by atoms with van der Waals surface area (Å²) in [5.41, 5.74) is 0.842. The monoisotopic (exact) mass is 382 g/mol. The van der Waals surface area contributed by atoms with Gasteiger partial charge >= 0.3 is 12.1 Å². The van der Waals surface area contributed by atoms with E-state index in [-0.39, 0.29) is 13.2 Å². The molecule has 148 valence electrons. The molecule has 0 aromatic heterocycles. The molecule has 2 rings (SSSR count). The first-order chi connectivity index (χ1) is 13.0. The van der Waals surface area contributed by atoms with E-state index in [0.29, 0.717) is 0 Å². The Balaban J connectivity index is 2.15. The third kappa shape index (κ3) is 5.51. The van der Waals surface area contributed by atoms with Gasteiger partial charge in [0.25, 0.3) is 0 Å². The largest absolute Gasteiger partial charge is 0.509 e. The van der Waals surface area contributed by atoms with Crippen LogP contribution in [0.25, 0.3) is 0 Å². The summed E-state index contributed by atoms with van der Waals surface area (Å²) >= 11 is 0. The van der Waals surface area contributed by atoms with Crippen molar-refractivity contribution in [3.63, 3.8) is 0 Å². The van der Waals surface area contributed by atoms with E-state index in [2.05, 4.69) is 11.3 Å². The first-order valence-electron chi connectivity index (χ1n) is 8.45. The molecule has 1 aromatic rings. The fourth-order valence-electron chi connectivity index (χ4n) is 2.75. The van der Waals surface area contributed by atoms with E-state index in [1.165, 1.54) is 13.2 Å². The Morgan fingerprint density at radius 1 is 1.26 bits per heavy atom. The fourth-order valence-corrected chi connectivity index (χ4v) is 2.75. The van der Waals surface area contributed by atoms with Gasteiger partial charge in [0.2, 0.25) is 6.36 Å². The van der Waals surface area contributed by atoms with Crippen molar-refractivity contribution in [3.05, 3.63) is 48.6 Å². The van der Waals surface area contributed by atoms with Crippen LogP contribution in [0.3, 0.4) is 0 Å². The van der Waals surface area contributed by atoms with Gasteiger partial charge < -0.3 is 23.7 Å². The molecule has 0 aliphatic carbocycles. The minimum absolute atomic E-state index is 0.0841. The Bertz CT molecular complexity index is 636. The zero-order valence-corrected chi connectivity index (χ0v) is 15.2. The van der Waals surface area contributed by atoms with Gasteiger partial charge in [-0.15, -0.1) is 0 Å². The molecule has 1 fully saturated rings. The summed E-state index contributed by atoms with van der Waals surface area (Å²) in [6, 6.07) is 9.20. The summed E-state index contributed by atoms with van der Waals surface area (Å²) in [6.07, 6.45) is -5.35. The maximum absolute atomic E-state index is 14.6. The maximum atomic E-state index is 14.6. The van der Waals surface area contributed by atoms with Gasteiger partial charge in [-0.25, -0.2) is 14.0 Å². The molecule has 1 saturated heterocycles. The van der Waals surface area contributed by atoms with Crippen molar-refractivity contribution in [3.8, 4) is 0 Å². The maximum Gasteiger partial charge on any atom is 0.509 e. The molecule has 0 radical (unpaired) electrons. The highest BCUT2D eigenvalue weighted by Crippen LogP contribution is 2.32. The quantitative estimate of drug-likeness (QED) is 0.530. The Morgan fingerprint density at radius 2 is 1.96 bits per heavy atom. The van der Waals surface area contributed by atoms with Crippen molar-refractivity contribution in [2.45, 2.75) is 38.2 Å². The van der Waals surface area contributed by atoms with Crippen molar-refractivity contribution >= 4 is 12.1 Å². The Morgan fingerprint density at radius 3 is 2.59 bits per heavy atom. The molecule has 7 nitrogen and oxygen atoms in total. The number of ether oxygens (including phenoxy) is 5. The zero-order valence-electron chi connectivity index (χ0n) is 15.2. The zero-order chi connectivity index (χ0) is 19.8. The summed E-state index contributed by atoms with van der Waals surface area (Å²) in [5.74, 6) is -1.36. The van der Waals surface area contributed by atoms with Crippen molar-refractivity contribution < 1.29 is 37.7 Å². The average molecular weight is 382 g/mol. The Labute approximate surface area is 157 Å². The van der Waals surface area contributed by atoms with Crippen LogP contribution in [0, 0.1) is 5.92 Å². The number of alkyl halides is 1. The number of esters is 1. The normalized spacial score (nSPS) is 27.4. The van der Waals surface area contributed by atoms with Crippen molar-refractivity contribution in [1.82, 2.24) is 0 Å². The lowest BCUT2D eigenvalue weighted by Crippen LogP contribution is -2.57.